The van der Waals surface area contributed by atoms with Gasteiger partial charge in [-0.3, -0.25) is 4.79 Å². The van der Waals surface area contributed by atoms with Gasteiger partial charge in [0.2, 0.25) is 0 Å². The molecule has 2 aromatic carbocycles. The molecule has 0 aliphatic heterocycles. The van der Waals surface area contributed by atoms with Crippen molar-refractivity contribution < 1.29 is 19.8 Å². The number of aromatic hydroxyl groups is 1. The van der Waals surface area contributed by atoms with E-state index >= 15 is 0 Å². The molecule has 0 aliphatic carbocycles. The topological polar surface area (TPSA) is 86.6 Å². The van der Waals surface area contributed by atoms with E-state index in [1.165, 1.54) is 24.3 Å². The maximum absolute atomic E-state index is 11.9. The number of halogens is 1. The number of hydrogen-bond acceptors (Lipinski definition) is 3. The van der Waals surface area contributed by atoms with Crippen LogP contribution in [0.5, 0.6) is 5.75 Å². The first-order valence-electron chi connectivity index (χ1n) is 5.60. The van der Waals surface area contributed by atoms with Gasteiger partial charge in [-0.2, -0.15) is 0 Å². The van der Waals surface area contributed by atoms with E-state index in [0.29, 0.717) is 10.6 Å². The van der Waals surface area contributed by atoms with Crippen molar-refractivity contribution in [3.05, 3.63) is 58.6 Å². The third kappa shape index (κ3) is 3.07. The fraction of sp³-hybridized carbons (Fsp3) is 0. The van der Waals surface area contributed by atoms with E-state index in [1.54, 1.807) is 18.2 Å². The Balaban J connectivity index is 2.20. The largest absolute Gasteiger partial charge is 0.507 e. The summed E-state index contributed by atoms with van der Waals surface area (Å²) < 4.78 is 0. The molecule has 0 aliphatic rings. The minimum absolute atomic E-state index is 0.231. The van der Waals surface area contributed by atoms with Gasteiger partial charge in [-0.05, 0) is 30.3 Å². The van der Waals surface area contributed by atoms with Gasteiger partial charge in [0.25, 0.3) is 5.91 Å². The van der Waals surface area contributed by atoms with E-state index in [-0.39, 0.29) is 11.3 Å². The van der Waals surface area contributed by atoms with Crippen LogP contribution in [0.15, 0.2) is 42.5 Å². The highest BCUT2D eigenvalue weighted by Crippen LogP contribution is 2.22. The number of carbonyl (C=O) groups is 2. The molecule has 3 N–H and O–H groups in total. The molecular formula is C14H10ClNO4. The molecule has 0 atom stereocenters. The number of nitrogens with one attached hydrogen (secondary N) is 1. The molecule has 0 saturated heterocycles. The standard InChI is InChI=1S/C14H10ClNO4/c15-9-3-1-2-8(6-9)13(18)16-10-4-5-11(14(19)20)12(17)7-10/h1-7,17H,(H,16,18)(H,19,20). The van der Waals surface area contributed by atoms with Crippen molar-refractivity contribution in [1.29, 1.82) is 0 Å². The molecule has 0 bridgehead atoms. The Morgan fingerprint density at radius 2 is 1.85 bits per heavy atom. The average molecular weight is 292 g/mol. The third-order valence-electron chi connectivity index (χ3n) is 2.57. The van der Waals surface area contributed by atoms with Crippen molar-refractivity contribution in [3.8, 4) is 5.75 Å². The van der Waals surface area contributed by atoms with E-state index in [0.717, 1.165) is 0 Å². The lowest BCUT2D eigenvalue weighted by Gasteiger charge is -2.07. The van der Waals surface area contributed by atoms with Gasteiger partial charge in [0.1, 0.15) is 11.3 Å². The summed E-state index contributed by atoms with van der Waals surface area (Å²) in [5.41, 5.74) is 0.419. The van der Waals surface area contributed by atoms with Crippen molar-refractivity contribution in [1.82, 2.24) is 0 Å². The van der Waals surface area contributed by atoms with E-state index in [4.69, 9.17) is 16.7 Å². The van der Waals surface area contributed by atoms with Gasteiger partial charge in [-0.25, -0.2) is 4.79 Å². The molecule has 0 heterocycles. The highest BCUT2D eigenvalue weighted by Gasteiger charge is 2.11. The predicted octanol–water partition coefficient (Wildman–Crippen LogP) is 3.00. The van der Waals surface area contributed by atoms with Gasteiger partial charge in [0.05, 0.1) is 0 Å². The van der Waals surface area contributed by atoms with Gasteiger partial charge in [-0.15, -0.1) is 0 Å². The molecule has 2 rings (SSSR count). The Morgan fingerprint density at radius 1 is 1.10 bits per heavy atom. The van der Waals surface area contributed by atoms with Crippen molar-refractivity contribution in [2.45, 2.75) is 0 Å². The minimum Gasteiger partial charge on any atom is -0.507 e. The SMILES string of the molecule is O=C(Nc1ccc(C(=O)O)c(O)c1)c1cccc(Cl)c1. The smallest absolute Gasteiger partial charge is 0.339 e. The Labute approximate surface area is 119 Å². The van der Waals surface area contributed by atoms with Crippen LogP contribution < -0.4 is 5.32 Å². The number of aromatic carboxylic acids is 1. The maximum atomic E-state index is 11.9. The van der Waals surface area contributed by atoms with E-state index in [9.17, 15) is 14.7 Å². The van der Waals surface area contributed by atoms with Crippen LogP contribution in [0.4, 0.5) is 5.69 Å². The van der Waals surface area contributed by atoms with E-state index < -0.39 is 17.6 Å². The maximum Gasteiger partial charge on any atom is 0.339 e. The summed E-state index contributed by atoms with van der Waals surface area (Å²) in [6.07, 6.45) is 0. The number of phenols is 1. The summed E-state index contributed by atoms with van der Waals surface area (Å²) in [4.78, 5) is 22.7. The summed E-state index contributed by atoms with van der Waals surface area (Å²) in [6.45, 7) is 0. The first kappa shape index (κ1) is 13.9. The van der Waals surface area contributed by atoms with Crippen molar-refractivity contribution in [2.24, 2.45) is 0 Å². The van der Waals surface area contributed by atoms with Crippen LogP contribution in [0.1, 0.15) is 20.7 Å². The first-order valence-corrected chi connectivity index (χ1v) is 5.98. The Morgan fingerprint density at radius 3 is 2.45 bits per heavy atom. The van der Waals surface area contributed by atoms with Gasteiger partial charge < -0.3 is 15.5 Å². The quantitative estimate of drug-likeness (QED) is 0.811. The van der Waals surface area contributed by atoms with Crippen LogP contribution in [0.2, 0.25) is 5.02 Å². The lowest BCUT2D eigenvalue weighted by Crippen LogP contribution is -2.12. The number of rotatable bonds is 3. The lowest BCUT2D eigenvalue weighted by molar-refractivity contribution is 0.0693. The van der Waals surface area contributed by atoms with Crippen LogP contribution in [-0.4, -0.2) is 22.1 Å². The molecule has 0 fully saturated rings. The second kappa shape index (κ2) is 5.63. The first-order chi connectivity index (χ1) is 9.47. The summed E-state index contributed by atoms with van der Waals surface area (Å²) in [5, 5.41) is 21.3. The number of hydrogen-bond donors (Lipinski definition) is 3. The number of carboxylic acids is 1. The Bertz CT molecular complexity index is 685. The zero-order valence-electron chi connectivity index (χ0n) is 10.1. The van der Waals surface area contributed by atoms with Crippen LogP contribution in [0, 0.1) is 0 Å². The number of benzene rings is 2. The molecule has 20 heavy (non-hydrogen) atoms. The lowest BCUT2D eigenvalue weighted by atomic mass is 10.1. The fourth-order valence-corrected chi connectivity index (χ4v) is 1.81. The number of carboxylic acid groups (broad SMARTS) is 1. The van der Waals surface area contributed by atoms with E-state index in [1.807, 2.05) is 0 Å². The van der Waals surface area contributed by atoms with Crippen LogP contribution in [0.3, 0.4) is 0 Å². The Hall–Kier alpha value is -2.53. The number of amides is 1. The molecule has 0 radical (unpaired) electrons. The summed E-state index contributed by atoms with van der Waals surface area (Å²) in [7, 11) is 0. The highest BCUT2D eigenvalue weighted by molar-refractivity contribution is 6.31. The zero-order valence-corrected chi connectivity index (χ0v) is 10.9. The number of carbonyl (C=O) groups excluding carboxylic acids is 1. The minimum atomic E-state index is -1.24. The second-order valence-electron chi connectivity index (χ2n) is 4.00. The zero-order chi connectivity index (χ0) is 14.7. The molecule has 5 nitrogen and oxygen atoms in total. The van der Waals surface area contributed by atoms with Gasteiger partial charge in [0, 0.05) is 22.3 Å². The van der Waals surface area contributed by atoms with Crippen molar-refractivity contribution in [2.75, 3.05) is 5.32 Å². The molecule has 0 saturated carbocycles. The molecular weight excluding hydrogens is 282 g/mol. The summed E-state index contributed by atoms with van der Waals surface area (Å²) in [6, 6.07) is 10.2. The van der Waals surface area contributed by atoms with Crippen LogP contribution in [0.25, 0.3) is 0 Å². The molecule has 0 spiro atoms. The van der Waals surface area contributed by atoms with Crippen molar-refractivity contribution >= 4 is 29.2 Å². The summed E-state index contributed by atoms with van der Waals surface area (Å²) in [5.74, 6) is -2.06. The molecule has 1 amide bonds. The second-order valence-corrected chi connectivity index (χ2v) is 4.44. The normalized spacial score (nSPS) is 10.1. The summed E-state index contributed by atoms with van der Waals surface area (Å²) >= 11 is 5.79. The van der Waals surface area contributed by atoms with Gasteiger partial charge in [-0.1, -0.05) is 17.7 Å². The highest BCUT2D eigenvalue weighted by atomic mass is 35.5. The van der Waals surface area contributed by atoms with Gasteiger partial charge in [0.15, 0.2) is 0 Å². The molecule has 2 aromatic rings. The fourth-order valence-electron chi connectivity index (χ4n) is 1.62. The predicted molar refractivity (Wildman–Crippen MR) is 74.5 cm³/mol. The molecule has 0 aromatic heterocycles. The van der Waals surface area contributed by atoms with Gasteiger partial charge >= 0.3 is 5.97 Å². The van der Waals surface area contributed by atoms with E-state index in [2.05, 4.69) is 5.32 Å². The molecule has 0 unspecified atom stereocenters. The van der Waals surface area contributed by atoms with Crippen LogP contribution >= 0.6 is 11.6 Å². The number of anilines is 1. The van der Waals surface area contributed by atoms with Crippen LogP contribution in [-0.2, 0) is 0 Å². The average Bonchev–Trinajstić information content (AvgIpc) is 2.38. The molecule has 6 heteroatoms. The molecule has 102 valence electrons. The van der Waals surface area contributed by atoms with Crippen molar-refractivity contribution in [3.63, 3.8) is 0 Å². The Kier molecular flexibility index (Phi) is 3.91. The third-order valence-corrected chi connectivity index (χ3v) is 2.81. The monoisotopic (exact) mass is 291 g/mol.